The van der Waals surface area contributed by atoms with Crippen LogP contribution in [-0.2, 0) is 20.1 Å². The third kappa shape index (κ3) is 4.31. The number of rotatable bonds is 4. The molecule has 0 bridgehead atoms. The molecule has 1 aliphatic rings. The number of hydrogen-bond acceptors (Lipinski definition) is 1. The van der Waals surface area contributed by atoms with Crippen molar-refractivity contribution in [3.63, 3.8) is 0 Å². The Balaban J connectivity index is 0.00000302. The molecule has 0 fully saturated rings. The molecule has 41 heavy (non-hydrogen) atoms. The van der Waals surface area contributed by atoms with E-state index in [0.717, 1.165) is 16.9 Å². The number of aromatic nitrogens is 2. The fraction of sp³-hybridized carbons (Fsp3) is 0.216. The Morgan fingerprint density at radius 2 is 1.34 bits per heavy atom. The van der Waals surface area contributed by atoms with Crippen molar-refractivity contribution < 1.29 is 20.1 Å². The van der Waals surface area contributed by atoms with E-state index in [4.69, 9.17) is 4.98 Å². The van der Waals surface area contributed by atoms with Gasteiger partial charge in [0, 0.05) is 48.1 Å². The summed E-state index contributed by atoms with van der Waals surface area (Å²) in [6.07, 6.45) is 1.92. The van der Waals surface area contributed by atoms with Crippen LogP contribution in [0, 0.1) is 19.9 Å². The molecule has 0 spiro atoms. The van der Waals surface area contributed by atoms with Gasteiger partial charge < -0.3 is 9.55 Å². The maximum Gasteiger partial charge on any atom is 0.182 e. The topological polar surface area (TPSA) is 17.8 Å². The Hall–Kier alpha value is -3.46. The Bertz CT molecular complexity index is 1860. The summed E-state index contributed by atoms with van der Waals surface area (Å²) in [6, 6.07) is 33.2. The SMILES string of the molecule is Cc1ccc2c(c1)c1cc(C)ccc1n2-c1c[c-]c2c(c1)B(c1c(C(C)C)cccc1C(C)C)c1cccnc1-2.[Ir]. The molecule has 2 nitrogen and oxygen atoms in total. The summed E-state index contributed by atoms with van der Waals surface area (Å²) in [5.41, 5.74) is 15.2. The van der Waals surface area contributed by atoms with Crippen LogP contribution in [0.2, 0.25) is 0 Å². The predicted molar refractivity (Wildman–Crippen MR) is 172 cm³/mol. The average Bonchev–Trinajstić information content (AvgIpc) is 3.44. The summed E-state index contributed by atoms with van der Waals surface area (Å²) in [5, 5.41) is 2.60. The number of hydrogen-bond donors (Lipinski definition) is 0. The van der Waals surface area contributed by atoms with Gasteiger partial charge in [-0.05, 0) is 67.4 Å². The molecule has 0 atom stereocenters. The molecule has 205 valence electrons. The van der Waals surface area contributed by atoms with Gasteiger partial charge in [0.15, 0.2) is 6.71 Å². The zero-order valence-corrected chi connectivity index (χ0v) is 26.9. The van der Waals surface area contributed by atoms with E-state index >= 15 is 0 Å². The molecule has 7 rings (SSSR count). The molecule has 0 unspecified atom stereocenters. The molecule has 0 aliphatic carbocycles. The van der Waals surface area contributed by atoms with Crippen molar-refractivity contribution in [2.24, 2.45) is 0 Å². The van der Waals surface area contributed by atoms with Gasteiger partial charge in [0.25, 0.3) is 0 Å². The third-order valence-electron chi connectivity index (χ3n) is 8.69. The van der Waals surface area contributed by atoms with Crippen molar-refractivity contribution in [1.29, 1.82) is 0 Å². The van der Waals surface area contributed by atoms with Crippen LogP contribution >= 0.6 is 0 Å². The van der Waals surface area contributed by atoms with Crippen LogP contribution in [0.3, 0.4) is 0 Å². The second kappa shape index (κ2) is 10.4. The van der Waals surface area contributed by atoms with E-state index in [0.29, 0.717) is 11.8 Å². The van der Waals surface area contributed by atoms with Crippen LogP contribution in [0.1, 0.15) is 61.8 Å². The minimum absolute atomic E-state index is 0. The first kappa shape index (κ1) is 27.7. The smallest absolute Gasteiger partial charge is 0.182 e. The summed E-state index contributed by atoms with van der Waals surface area (Å²) in [7, 11) is 0. The predicted octanol–water partition coefficient (Wildman–Crippen LogP) is 7.34. The maximum absolute atomic E-state index is 4.90. The first-order valence-corrected chi connectivity index (χ1v) is 14.5. The molecule has 1 aliphatic heterocycles. The molecule has 0 saturated heterocycles. The van der Waals surface area contributed by atoms with Gasteiger partial charge in [0.05, 0.1) is 0 Å². The van der Waals surface area contributed by atoms with Crippen molar-refractivity contribution in [1.82, 2.24) is 9.55 Å². The normalized spacial score (nSPS) is 12.3. The first-order valence-electron chi connectivity index (χ1n) is 14.5. The number of pyridine rings is 1. The fourth-order valence-corrected chi connectivity index (χ4v) is 6.87. The second-order valence-corrected chi connectivity index (χ2v) is 12.1. The van der Waals surface area contributed by atoms with Gasteiger partial charge in [-0.2, -0.15) is 0 Å². The summed E-state index contributed by atoms with van der Waals surface area (Å²) < 4.78 is 2.42. The van der Waals surface area contributed by atoms with Gasteiger partial charge >= 0.3 is 0 Å². The molecule has 4 aromatic carbocycles. The minimum atomic E-state index is 0. The van der Waals surface area contributed by atoms with Crippen LogP contribution < -0.4 is 16.4 Å². The van der Waals surface area contributed by atoms with E-state index in [1.165, 1.54) is 60.4 Å². The molecular formula is C37H34BIrN2-. The summed E-state index contributed by atoms with van der Waals surface area (Å²) >= 11 is 0. The van der Waals surface area contributed by atoms with Crippen molar-refractivity contribution >= 4 is 44.9 Å². The van der Waals surface area contributed by atoms with E-state index < -0.39 is 0 Å². The number of nitrogens with zero attached hydrogens (tertiary/aromatic N) is 2. The van der Waals surface area contributed by atoms with Crippen molar-refractivity contribution in [3.05, 3.63) is 113 Å². The molecule has 3 heterocycles. The summed E-state index contributed by atoms with van der Waals surface area (Å²) in [6.45, 7) is 13.7. The number of fused-ring (bicyclic) bond motifs is 6. The Labute approximate surface area is 257 Å². The van der Waals surface area contributed by atoms with E-state index in [2.05, 4.69) is 131 Å². The zero-order valence-electron chi connectivity index (χ0n) is 24.5. The van der Waals surface area contributed by atoms with Gasteiger partial charge in [-0.15, -0.1) is 29.2 Å². The van der Waals surface area contributed by atoms with Crippen molar-refractivity contribution in [2.75, 3.05) is 0 Å². The van der Waals surface area contributed by atoms with Crippen molar-refractivity contribution in [2.45, 2.75) is 53.4 Å². The average molecular weight is 710 g/mol. The molecule has 6 aromatic rings. The fourth-order valence-electron chi connectivity index (χ4n) is 6.87. The maximum atomic E-state index is 4.90. The monoisotopic (exact) mass is 710 g/mol. The molecule has 0 amide bonds. The van der Waals surface area contributed by atoms with Gasteiger partial charge in [-0.25, -0.2) is 0 Å². The zero-order chi connectivity index (χ0) is 27.7. The minimum Gasteiger partial charge on any atom is -0.351 e. The molecule has 0 saturated carbocycles. The van der Waals surface area contributed by atoms with Gasteiger partial charge in [0.1, 0.15) is 0 Å². The van der Waals surface area contributed by atoms with Crippen LogP contribution in [0.5, 0.6) is 0 Å². The Kier molecular flexibility index (Phi) is 7.04. The van der Waals surface area contributed by atoms with Crippen LogP contribution in [-0.4, -0.2) is 16.3 Å². The number of benzene rings is 4. The van der Waals surface area contributed by atoms with Crippen LogP contribution in [0.25, 0.3) is 38.8 Å². The largest absolute Gasteiger partial charge is 0.351 e. The van der Waals surface area contributed by atoms with E-state index in [-0.39, 0.29) is 26.8 Å². The third-order valence-corrected chi connectivity index (χ3v) is 8.69. The number of aryl methyl sites for hydroxylation is 2. The molecular weight excluding hydrogens is 675 g/mol. The standard InChI is InChI=1S/C37H34BN2.Ir/c1-22(2)27-9-7-10-28(23(3)4)36(27)38-32-11-8-18-39-37(32)29-15-14-26(21-33(29)38)40-34-16-12-24(5)19-30(34)31-20-25(6)13-17-35(31)40;/h7-14,16-23H,1-6H3;/q-1;. The molecule has 1 radical (unpaired) electrons. The summed E-state index contributed by atoms with van der Waals surface area (Å²) in [4.78, 5) is 4.90. The quantitative estimate of drug-likeness (QED) is 0.138. The van der Waals surface area contributed by atoms with E-state index in [1.54, 1.807) is 0 Å². The van der Waals surface area contributed by atoms with E-state index in [1.807, 2.05) is 6.20 Å². The van der Waals surface area contributed by atoms with Crippen molar-refractivity contribution in [3.8, 4) is 16.9 Å². The molecule has 0 N–H and O–H groups in total. The first-order chi connectivity index (χ1) is 19.3. The molecule has 4 heteroatoms. The second-order valence-electron chi connectivity index (χ2n) is 12.1. The van der Waals surface area contributed by atoms with Crippen LogP contribution in [0.4, 0.5) is 0 Å². The van der Waals surface area contributed by atoms with Crippen LogP contribution in [0.15, 0.2) is 85.1 Å². The van der Waals surface area contributed by atoms with Gasteiger partial charge in [-0.1, -0.05) is 97.3 Å². The molecule has 2 aromatic heterocycles. The summed E-state index contributed by atoms with van der Waals surface area (Å²) in [5.74, 6) is 0.850. The van der Waals surface area contributed by atoms with Gasteiger partial charge in [0.2, 0.25) is 0 Å². The van der Waals surface area contributed by atoms with Gasteiger partial charge in [-0.3, -0.25) is 0 Å². The Morgan fingerprint density at radius 1 is 0.732 bits per heavy atom. The van der Waals surface area contributed by atoms with E-state index in [9.17, 15) is 0 Å². The Morgan fingerprint density at radius 3 is 1.93 bits per heavy atom.